The first-order valence-electron chi connectivity index (χ1n) is 9.82. The smallest absolute Gasteiger partial charge is 0.280 e. The lowest BCUT2D eigenvalue weighted by atomic mass is 9.84. The molecule has 0 saturated carbocycles. The van der Waals surface area contributed by atoms with Crippen molar-refractivity contribution in [3.8, 4) is 0 Å². The van der Waals surface area contributed by atoms with Gasteiger partial charge in [-0.3, -0.25) is 9.89 Å². The van der Waals surface area contributed by atoms with Crippen molar-refractivity contribution in [3.63, 3.8) is 0 Å². The fourth-order valence-corrected chi connectivity index (χ4v) is 4.35. The van der Waals surface area contributed by atoms with E-state index in [1.807, 2.05) is 0 Å². The van der Waals surface area contributed by atoms with Crippen molar-refractivity contribution in [1.29, 1.82) is 0 Å². The number of nitrogens with zero attached hydrogens (tertiary/aromatic N) is 3. The van der Waals surface area contributed by atoms with Gasteiger partial charge in [-0.2, -0.15) is 5.10 Å². The van der Waals surface area contributed by atoms with Crippen molar-refractivity contribution < 1.29 is 18.7 Å². The fraction of sp³-hybridized carbons (Fsp3) is 0.381. The van der Waals surface area contributed by atoms with Gasteiger partial charge in [-0.15, -0.1) is 0 Å². The Bertz CT molecular complexity index is 1080. The zero-order valence-electron chi connectivity index (χ0n) is 16.4. The molecular formula is C21H20Cl2F2N4O2. The molecule has 164 valence electrons. The summed E-state index contributed by atoms with van der Waals surface area (Å²) in [6.07, 6.45) is 1.26. The van der Waals surface area contributed by atoms with Crippen LogP contribution in [0.2, 0.25) is 10.2 Å². The molecule has 10 heteroatoms. The molecule has 3 heterocycles. The first-order chi connectivity index (χ1) is 14.8. The van der Waals surface area contributed by atoms with Gasteiger partial charge in [0.15, 0.2) is 0 Å². The van der Waals surface area contributed by atoms with Crippen LogP contribution in [0.4, 0.5) is 8.78 Å². The number of H-pyrrole nitrogens is 1. The monoisotopic (exact) mass is 468 g/mol. The number of hydrogen-bond acceptors (Lipinski definition) is 4. The Morgan fingerprint density at radius 3 is 2.68 bits per heavy atom. The second kappa shape index (κ2) is 8.68. The van der Waals surface area contributed by atoms with Gasteiger partial charge in [0.25, 0.3) is 5.92 Å². The van der Waals surface area contributed by atoms with E-state index in [-0.39, 0.29) is 48.8 Å². The van der Waals surface area contributed by atoms with Crippen molar-refractivity contribution in [2.75, 3.05) is 13.1 Å². The molecule has 1 unspecified atom stereocenters. The number of aromatic amines is 1. The molecule has 3 aromatic rings. The Morgan fingerprint density at radius 1 is 1.26 bits per heavy atom. The second-order valence-corrected chi connectivity index (χ2v) is 8.55. The molecular weight excluding hydrogens is 449 g/mol. The minimum atomic E-state index is -3.39. The molecule has 1 aliphatic rings. The van der Waals surface area contributed by atoms with Crippen LogP contribution in [0.3, 0.4) is 0 Å². The van der Waals surface area contributed by atoms with E-state index in [0.717, 1.165) is 0 Å². The Hall–Kier alpha value is -2.29. The Morgan fingerprint density at radius 2 is 2.00 bits per heavy atom. The second-order valence-electron chi connectivity index (χ2n) is 7.73. The molecule has 1 aromatic carbocycles. The average Bonchev–Trinajstić information content (AvgIpc) is 3.22. The van der Waals surface area contributed by atoms with E-state index in [1.54, 1.807) is 23.1 Å². The maximum absolute atomic E-state index is 15.2. The summed E-state index contributed by atoms with van der Waals surface area (Å²) in [5.41, 5.74) is 1.06. The topological polar surface area (TPSA) is 82.1 Å². The van der Waals surface area contributed by atoms with Crippen molar-refractivity contribution >= 4 is 40.0 Å². The molecule has 1 amide bonds. The molecule has 0 aliphatic carbocycles. The van der Waals surface area contributed by atoms with Gasteiger partial charge in [0, 0.05) is 41.2 Å². The van der Waals surface area contributed by atoms with Crippen LogP contribution in [0.15, 0.2) is 36.7 Å². The molecule has 31 heavy (non-hydrogen) atoms. The molecule has 2 aromatic heterocycles. The minimum absolute atomic E-state index is 0.0127. The van der Waals surface area contributed by atoms with Gasteiger partial charge in [-0.25, -0.2) is 13.8 Å². The van der Waals surface area contributed by atoms with Crippen LogP contribution in [0, 0.1) is 5.92 Å². The zero-order valence-corrected chi connectivity index (χ0v) is 17.9. The van der Waals surface area contributed by atoms with Crippen LogP contribution in [-0.2, 0) is 11.2 Å². The number of piperidine rings is 1. The number of fused-ring (bicyclic) bond motifs is 1. The quantitative estimate of drug-likeness (QED) is 0.543. The van der Waals surface area contributed by atoms with Gasteiger partial charge in [0.1, 0.15) is 11.3 Å². The first-order valence-corrected chi connectivity index (χ1v) is 10.6. The molecule has 2 N–H and O–H groups in total. The van der Waals surface area contributed by atoms with E-state index in [1.165, 1.54) is 18.5 Å². The summed E-state index contributed by atoms with van der Waals surface area (Å²) in [6, 6.07) is 6.24. The molecule has 1 atom stereocenters. The van der Waals surface area contributed by atoms with Crippen LogP contribution >= 0.6 is 23.2 Å². The van der Waals surface area contributed by atoms with Crippen molar-refractivity contribution in [1.82, 2.24) is 20.1 Å². The van der Waals surface area contributed by atoms with Crippen LogP contribution in [0.1, 0.15) is 30.1 Å². The highest BCUT2D eigenvalue weighted by Crippen LogP contribution is 2.44. The lowest BCUT2D eigenvalue weighted by Gasteiger charge is -2.38. The summed E-state index contributed by atoms with van der Waals surface area (Å²) in [7, 11) is 0. The van der Waals surface area contributed by atoms with Crippen molar-refractivity contribution in [2.24, 2.45) is 5.92 Å². The molecule has 6 nitrogen and oxygen atoms in total. The van der Waals surface area contributed by atoms with E-state index in [9.17, 15) is 9.90 Å². The molecule has 1 fully saturated rings. The highest BCUT2D eigenvalue weighted by Gasteiger charge is 2.48. The standard InChI is InChI=1S/C21H20Cl2F2N4O2/c22-15-8-13-11-27-28-19(13)16(9-15)20(31)21(24,25)14-3-5-29(6-4-14)18(30)7-12-1-2-17(23)26-10-12/h1-2,8-11,14,20,31H,3-7H2,(H,27,28). The number of pyridine rings is 1. The number of benzene rings is 1. The summed E-state index contributed by atoms with van der Waals surface area (Å²) >= 11 is 11.8. The number of carbonyl (C=O) groups excluding carboxylic acids is 1. The number of alkyl halides is 2. The van der Waals surface area contributed by atoms with E-state index in [4.69, 9.17) is 23.2 Å². The van der Waals surface area contributed by atoms with Gasteiger partial charge in [-0.1, -0.05) is 29.3 Å². The van der Waals surface area contributed by atoms with Gasteiger partial charge >= 0.3 is 0 Å². The molecule has 1 saturated heterocycles. The van der Waals surface area contributed by atoms with Crippen LogP contribution in [-0.4, -0.2) is 50.1 Å². The zero-order chi connectivity index (χ0) is 22.2. The van der Waals surface area contributed by atoms with Crippen molar-refractivity contribution in [2.45, 2.75) is 31.3 Å². The van der Waals surface area contributed by atoms with E-state index in [2.05, 4.69) is 15.2 Å². The summed E-state index contributed by atoms with van der Waals surface area (Å²) in [6.45, 7) is 0.393. The lowest BCUT2D eigenvalue weighted by molar-refractivity contribution is -0.164. The molecule has 1 aliphatic heterocycles. The van der Waals surface area contributed by atoms with Crippen LogP contribution in [0.5, 0.6) is 0 Å². The molecule has 0 bridgehead atoms. The maximum atomic E-state index is 15.2. The largest absolute Gasteiger partial charge is 0.382 e. The summed E-state index contributed by atoms with van der Waals surface area (Å²) in [5.74, 6) is -4.61. The number of halogens is 4. The van der Waals surface area contributed by atoms with Crippen LogP contribution < -0.4 is 0 Å². The number of likely N-dealkylation sites (tertiary alicyclic amines) is 1. The highest BCUT2D eigenvalue weighted by atomic mass is 35.5. The molecule has 0 spiro atoms. The number of aromatic nitrogens is 3. The van der Waals surface area contributed by atoms with Gasteiger partial charge in [0.05, 0.1) is 18.1 Å². The predicted octanol–water partition coefficient (Wildman–Crippen LogP) is 4.41. The van der Waals surface area contributed by atoms with E-state index < -0.39 is 17.9 Å². The highest BCUT2D eigenvalue weighted by molar-refractivity contribution is 6.31. The number of hydrogen-bond donors (Lipinski definition) is 2. The Balaban J connectivity index is 1.42. The third-order valence-corrected chi connectivity index (χ3v) is 6.18. The van der Waals surface area contributed by atoms with E-state index in [0.29, 0.717) is 21.6 Å². The van der Waals surface area contributed by atoms with Crippen LogP contribution in [0.25, 0.3) is 10.9 Å². The maximum Gasteiger partial charge on any atom is 0.280 e. The summed E-state index contributed by atoms with van der Waals surface area (Å²) in [5, 5.41) is 18.2. The number of aliphatic hydroxyl groups is 1. The number of aliphatic hydroxyl groups excluding tert-OH is 1. The van der Waals surface area contributed by atoms with E-state index >= 15 is 8.78 Å². The average molecular weight is 469 g/mol. The first kappa shape index (κ1) is 21.9. The summed E-state index contributed by atoms with van der Waals surface area (Å²) < 4.78 is 30.4. The normalized spacial score (nSPS) is 16.6. The third kappa shape index (κ3) is 4.51. The number of amides is 1. The predicted molar refractivity (Wildman–Crippen MR) is 113 cm³/mol. The van der Waals surface area contributed by atoms with Gasteiger partial charge in [0.2, 0.25) is 5.91 Å². The summed E-state index contributed by atoms with van der Waals surface area (Å²) in [4.78, 5) is 18.0. The molecule has 0 radical (unpaired) electrons. The van der Waals surface area contributed by atoms with Crippen molar-refractivity contribution in [3.05, 3.63) is 58.0 Å². The number of nitrogens with one attached hydrogen (secondary N) is 1. The Kier molecular flexibility index (Phi) is 6.14. The minimum Gasteiger partial charge on any atom is -0.382 e. The molecule has 4 rings (SSSR count). The van der Waals surface area contributed by atoms with Gasteiger partial charge < -0.3 is 10.0 Å². The SMILES string of the molecule is O=C(Cc1ccc(Cl)nc1)N1CCC(C(F)(F)C(O)c2cc(Cl)cc3cn[nH]c23)CC1. The lowest BCUT2D eigenvalue weighted by Crippen LogP contribution is -2.45. The number of rotatable bonds is 5. The Labute approximate surface area is 187 Å². The number of carbonyl (C=O) groups is 1. The fourth-order valence-electron chi connectivity index (χ4n) is 4.00. The third-order valence-electron chi connectivity index (χ3n) is 5.74. The van der Waals surface area contributed by atoms with Gasteiger partial charge in [-0.05, 0) is 36.6 Å².